The summed E-state index contributed by atoms with van der Waals surface area (Å²) in [5, 5.41) is 7.86. The summed E-state index contributed by atoms with van der Waals surface area (Å²) in [5.41, 5.74) is 8.75. The van der Waals surface area contributed by atoms with Crippen molar-refractivity contribution in [3.8, 4) is 0 Å². The molecule has 1 aliphatic carbocycles. The third kappa shape index (κ3) is 2.88. The number of nitrogen functional groups attached to an aromatic ring is 1. The van der Waals surface area contributed by atoms with Crippen molar-refractivity contribution >= 4 is 11.7 Å². The molecule has 0 atom stereocenters. The number of nitrogens with two attached hydrogens (primary N) is 1. The zero-order chi connectivity index (χ0) is 15.8. The van der Waals surface area contributed by atoms with Crippen LogP contribution in [0.4, 0.5) is 5.82 Å². The van der Waals surface area contributed by atoms with E-state index in [1.165, 1.54) is 19.3 Å². The normalized spacial score (nSPS) is 16.7. The Balaban J connectivity index is 2.35. The monoisotopic (exact) mass is 289 g/mol. The molecule has 3 N–H and O–H groups in total. The van der Waals surface area contributed by atoms with Gasteiger partial charge >= 0.3 is 0 Å². The lowest BCUT2D eigenvalue weighted by Crippen LogP contribution is -2.57. The lowest BCUT2D eigenvalue weighted by molar-refractivity contribution is 0.0681. The van der Waals surface area contributed by atoms with Crippen LogP contribution in [0.1, 0.15) is 36.1 Å². The average molecular weight is 289 g/mol. The molecule has 0 amide bonds. The maximum atomic E-state index is 7.86. The van der Waals surface area contributed by atoms with Crippen LogP contribution < -0.4 is 10.6 Å². The summed E-state index contributed by atoms with van der Waals surface area (Å²) in [6.45, 7) is 4.89. The first-order valence-electron chi connectivity index (χ1n) is 7.48. The van der Waals surface area contributed by atoms with Crippen molar-refractivity contribution in [2.24, 2.45) is 5.73 Å². The van der Waals surface area contributed by atoms with E-state index in [0.29, 0.717) is 0 Å². The molecule has 116 valence electrons. The number of hydrogen-bond acceptors (Lipinski definition) is 4. The first-order valence-corrected chi connectivity index (χ1v) is 7.48. The molecular weight excluding hydrogens is 262 g/mol. The van der Waals surface area contributed by atoms with Crippen LogP contribution in [0.25, 0.3) is 0 Å². The van der Waals surface area contributed by atoms with E-state index >= 15 is 0 Å². The molecule has 0 spiro atoms. The predicted molar refractivity (Wildman–Crippen MR) is 88.3 cm³/mol. The molecule has 1 fully saturated rings. The number of amidine groups is 1. The highest BCUT2D eigenvalue weighted by Gasteiger charge is 2.40. The summed E-state index contributed by atoms with van der Waals surface area (Å²) in [5.74, 6) is 0.919. The van der Waals surface area contributed by atoms with Gasteiger partial charge in [0.15, 0.2) is 0 Å². The first-order chi connectivity index (χ1) is 9.77. The Bertz CT molecular complexity index is 546. The summed E-state index contributed by atoms with van der Waals surface area (Å²) in [6.07, 6.45) is 3.71. The number of aromatic nitrogens is 1. The van der Waals surface area contributed by atoms with Gasteiger partial charge in [-0.25, -0.2) is 4.98 Å². The van der Waals surface area contributed by atoms with E-state index in [1.54, 1.807) is 0 Å². The Hall–Kier alpha value is -1.62. The molecule has 0 saturated heterocycles. The van der Waals surface area contributed by atoms with Gasteiger partial charge in [-0.3, -0.25) is 5.41 Å². The molecule has 1 aromatic rings. The van der Waals surface area contributed by atoms with Gasteiger partial charge in [-0.15, -0.1) is 0 Å². The van der Waals surface area contributed by atoms with Gasteiger partial charge in [0.05, 0.1) is 5.56 Å². The number of likely N-dealkylation sites (N-methyl/N-ethyl adjacent to an activating group) is 2. The summed E-state index contributed by atoms with van der Waals surface area (Å²) < 4.78 is 0. The number of aryl methyl sites for hydroxylation is 2. The van der Waals surface area contributed by atoms with Crippen LogP contribution in [0.3, 0.4) is 0 Å². The van der Waals surface area contributed by atoms with E-state index in [-0.39, 0.29) is 11.4 Å². The van der Waals surface area contributed by atoms with Crippen molar-refractivity contribution < 1.29 is 0 Å². The van der Waals surface area contributed by atoms with E-state index < -0.39 is 0 Å². The van der Waals surface area contributed by atoms with Gasteiger partial charge in [-0.1, -0.05) is 0 Å². The Kier molecular flexibility index (Phi) is 4.23. The van der Waals surface area contributed by atoms with Crippen LogP contribution in [0.2, 0.25) is 0 Å². The van der Waals surface area contributed by atoms with Gasteiger partial charge < -0.3 is 15.5 Å². The van der Waals surface area contributed by atoms with E-state index in [1.807, 2.05) is 19.9 Å². The molecule has 0 radical (unpaired) electrons. The Morgan fingerprint density at radius 1 is 1.33 bits per heavy atom. The van der Waals surface area contributed by atoms with Crippen LogP contribution in [0.5, 0.6) is 0 Å². The molecule has 5 heteroatoms. The van der Waals surface area contributed by atoms with Crippen molar-refractivity contribution in [1.29, 1.82) is 5.41 Å². The zero-order valence-electron chi connectivity index (χ0n) is 13.8. The standard InChI is InChI=1S/C16H27N5/c1-11-9-12(2)19-15(13(11)14(17)18)21(5)10-16(20(3)4)7-6-8-16/h9H,6-8,10H2,1-5H3,(H3,17,18). The molecular formula is C16H27N5. The fourth-order valence-electron chi connectivity index (χ4n) is 3.27. The molecule has 0 aliphatic heterocycles. The molecule has 1 aromatic heterocycles. The second-order valence-electron chi connectivity index (χ2n) is 6.52. The second-order valence-corrected chi connectivity index (χ2v) is 6.52. The number of nitrogens with one attached hydrogen (secondary N) is 1. The SMILES string of the molecule is Cc1cc(C)c(C(=N)N)c(N(C)CC2(N(C)C)CCC2)n1. The Morgan fingerprint density at radius 2 is 1.95 bits per heavy atom. The van der Waals surface area contributed by atoms with Gasteiger partial charge in [-0.05, 0) is 58.8 Å². The largest absolute Gasteiger partial charge is 0.384 e. The summed E-state index contributed by atoms with van der Waals surface area (Å²) in [4.78, 5) is 9.13. The second kappa shape index (κ2) is 5.64. The maximum absolute atomic E-state index is 7.86. The maximum Gasteiger partial charge on any atom is 0.139 e. The van der Waals surface area contributed by atoms with E-state index in [0.717, 1.165) is 29.2 Å². The van der Waals surface area contributed by atoms with Crippen molar-refractivity contribution in [2.75, 3.05) is 32.6 Å². The van der Waals surface area contributed by atoms with E-state index in [9.17, 15) is 0 Å². The van der Waals surface area contributed by atoms with Gasteiger partial charge in [0.2, 0.25) is 0 Å². The van der Waals surface area contributed by atoms with Gasteiger partial charge in [0, 0.05) is 24.8 Å². The molecule has 5 nitrogen and oxygen atoms in total. The number of anilines is 1. The highest BCUT2D eigenvalue weighted by Crippen LogP contribution is 2.37. The molecule has 0 unspecified atom stereocenters. The summed E-state index contributed by atoms with van der Waals surface area (Å²) in [6, 6.07) is 1.99. The van der Waals surface area contributed by atoms with E-state index in [2.05, 4.69) is 35.9 Å². The van der Waals surface area contributed by atoms with Gasteiger partial charge in [-0.2, -0.15) is 0 Å². The highest BCUT2D eigenvalue weighted by molar-refractivity contribution is 6.01. The minimum Gasteiger partial charge on any atom is -0.384 e. The predicted octanol–water partition coefficient (Wildman–Crippen LogP) is 1.90. The van der Waals surface area contributed by atoms with Gasteiger partial charge in [0.1, 0.15) is 11.7 Å². The highest BCUT2D eigenvalue weighted by atomic mass is 15.3. The molecule has 21 heavy (non-hydrogen) atoms. The minimum absolute atomic E-state index is 0.0920. The Labute approximate surface area is 127 Å². The molecule has 2 rings (SSSR count). The fraction of sp³-hybridized carbons (Fsp3) is 0.625. The van der Waals surface area contributed by atoms with E-state index in [4.69, 9.17) is 11.1 Å². The van der Waals surface area contributed by atoms with Crippen LogP contribution in [-0.2, 0) is 0 Å². The fourth-order valence-corrected chi connectivity index (χ4v) is 3.27. The summed E-state index contributed by atoms with van der Waals surface area (Å²) >= 11 is 0. The topological polar surface area (TPSA) is 69.2 Å². The van der Waals surface area contributed by atoms with Crippen molar-refractivity contribution in [1.82, 2.24) is 9.88 Å². The number of rotatable bonds is 5. The molecule has 1 heterocycles. The lowest BCUT2D eigenvalue weighted by Gasteiger charge is -2.49. The molecule has 1 saturated carbocycles. The van der Waals surface area contributed by atoms with Crippen molar-refractivity contribution in [3.63, 3.8) is 0 Å². The molecule has 0 aromatic carbocycles. The Morgan fingerprint density at radius 3 is 2.38 bits per heavy atom. The zero-order valence-corrected chi connectivity index (χ0v) is 13.8. The quantitative estimate of drug-likeness (QED) is 0.641. The third-order valence-corrected chi connectivity index (χ3v) is 4.72. The number of nitrogens with zero attached hydrogens (tertiary/aromatic N) is 3. The number of hydrogen-bond donors (Lipinski definition) is 2. The van der Waals surface area contributed by atoms with Gasteiger partial charge in [0.25, 0.3) is 0 Å². The average Bonchev–Trinajstić information content (AvgIpc) is 2.31. The van der Waals surface area contributed by atoms with Crippen LogP contribution in [0.15, 0.2) is 6.07 Å². The van der Waals surface area contributed by atoms with Crippen LogP contribution in [0, 0.1) is 19.3 Å². The van der Waals surface area contributed by atoms with Crippen LogP contribution >= 0.6 is 0 Å². The summed E-state index contributed by atoms with van der Waals surface area (Å²) in [7, 11) is 6.35. The van der Waals surface area contributed by atoms with Crippen LogP contribution in [-0.4, -0.2) is 48.9 Å². The molecule has 1 aliphatic rings. The van der Waals surface area contributed by atoms with Crippen molar-refractivity contribution in [3.05, 3.63) is 22.9 Å². The first kappa shape index (κ1) is 15.8. The number of pyridine rings is 1. The minimum atomic E-state index is 0.0920. The van der Waals surface area contributed by atoms with Crippen molar-refractivity contribution in [2.45, 2.75) is 38.6 Å². The molecule has 0 bridgehead atoms. The third-order valence-electron chi connectivity index (χ3n) is 4.72. The lowest BCUT2D eigenvalue weighted by atomic mass is 9.75. The smallest absolute Gasteiger partial charge is 0.139 e.